The highest BCUT2D eigenvalue weighted by atomic mass is 32.2. The first-order valence-electron chi connectivity index (χ1n) is 7.55. The highest BCUT2D eigenvalue weighted by molar-refractivity contribution is 8.01. The molecule has 1 aliphatic rings. The summed E-state index contributed by atoms with van der Waals surface area (Å²) in [7, 11) is 0. The molecule has 1 atom stereocenters. The van der Waals surface area contributed by atoms with Crippen molar-refractivity contribution in [3.05, 3.63) is 30.3 Å². The van der Waals surface area contributed by atoms with E-state index in [0.29, 0.717) is 17.3 Å². The number of carbonyl (C=O) groups excluding carboxylic acids is 1. The maximum absolute atomic E-state index is 11.9. The second-order valence-electron chi connectivity index (χ2n) is 5.29. The summed E-state index contributed by atoms with van der Waals surface area (Å²) in [5.74, 6) is 0.342. The normalized spacial score (nSPS) is 17.3. The second kappa shape index (κ2) is 7.81. The standard InChI is InChI=1S/C16H19N3O2S2/c17-15-14(11-5-2-1-3-6-11)19-16(23-15)22-10-13(20)18-9-12-7-4-8-21-12/h1-3,5-6,12H,4,7-10,17H2,(H,18,20). The third kappa shape index (κ3) is 4.46. The van der Waals surface area contributed by atoms with Crippen LogP contribution >= 0.6 is 23.1 Å². The molecule has 2 heterocycles. The number of hydrogen-bond donors (Lipinski definition) is 2. The third-order valence-electron chi connectivity index (χ3n) is 3.56. The Hall–Kier alpha value is -1.57. The van der Waals surface area contributed by atoms with Crippen LogP contribution in [0.5, 0.6) is 0 Å². The van der Waals surface area contributed by atoms with Crippen molar-refractivity contribution in [1.82, 2.24) is 10.3 Å². The number of thiazole rings is 1. The van der Waals surface area contributed by atoms with E-state index in [-0.39, 0.29) is 12.0 Å². The van der Waals surface area contributed by atoms with Gasteiger partial charge in [0.25, 0.3) is 0 Å². The lowest BCUT2D eigenvalue weighted by Crippen LogP contribution is -2.32. The smallest absolute Gasteiger partial charge is 0.230 e. The molecule has 23 heavy (non-hydrogen) atoms. The maximum atomic E-state index is 11.9. The fourth-order valence-corrected chi connectivity index (χ4v) is 4.17. The van der Waals surface area contributed by atoms with Crippen LogP contribution < -0.4 is 11.1 Å². The summed E-state index contributed by atoms with van der Waals surface area (Å²) in [6.07, 6.45) is 2.27. The van der Waals surface area contributed by atoms with Gasteiger partial charge in [-0.25, -0.2) is 4.98 Å². The Labute approximate surface area is 143 Å². The average Bonchev–Trinajstić information content (AvgIpc) is 3.21. The summed E-state index contributed by atoms with van der Waals surface area (Å²) in [6, 6.07) is 9.83. The van der Waals surface area contributed by atoms with E-state index in [4.69, 9.17) is 10.5 Å². The van der Waals surface area contributed by atoms with Gasteiger partial charge in [-0.2, -0.15) is 0 Å². The number of nitrogens with zero attached hydrogens (tertiary/aromatic N) is 1. The van der Waals surface area contributed by atoms with Gasteiger partial charge in [-0.3, -0.25) is 4.79 Å². The first-order valence-corrected chi connectivity index (χ1v) is 9.35. The molecular formula is C16H19N3O2S2. The van der Waals surface area contributed by atoms with Gasteiger partial charge in [0.05, 0.1) is 11.9 Å². The third-order valence-corrected chi connectivity index (χ3v) is 5.59. The van der Waals surface area contributed by atoms with E-state index >= 15 is 0 Å². The zero-order valence-corrected chi connectivity index (χ0v) is 14.3. The summed E-state index contributed by atoms with van der Waals surface area (Å²) < 4.78 is 6.30. The molecule has 1 amide bonds. The number of hydrogen-bond acceptors (Lipinski definition) is 6. The molecule has 1 fully saturated rings. The highest BCUT2D eigenvalue weighted by Gasteiger charge is 2.17. The van der Waals surface area contributed by atoms with E-state index in [1.807, 2.05) is 30.3 Å². The molecule has 0 radical (unpaired) electrons. The highest BCUT2D eigenvalue weighted by Crippen LogP contribution is 2.35. The van der Waals surface area contributed by atoms with Gasteiger partial charge >= 0.3 is 0 Å². The summed E-state index contributed by atoms with van der Waals surface area (Å²) >= 11 is 2.83. The second-order valence-corrected chi connectivity index (χ2v) is 7.54. The average molecular weight is 349 g/mol. The Morgan fingerprint density at radius 3 is 3.00 bits per heavy atom. The SMILES string of the molecule is Nc1sc(SCC(=O)NCC2CCCO2)nc1-c1ccccc1. The number of rotatable bonds is 6. The lowest BCUT2D eigenvalue weighted by molar-refractivity contribution is -0.119. The fourth-order valence-electron chi connectivity index (χ4n) is 2.39. The van der Waals surface area contributed by atoms with Crippen molar-refractivity contribution in [2.45, 2.75) is 23.3 Å². The van der Waals surface area contributed by atoms with Gasteiger partial charge in [-0.05, 0) is 12.8 Å². The van der Waals surface area contributed by atoms with E-state index in [1.54, 1.807) is 0 Å². The number of aromatic nitrogens is 1. The largest absolute Gasteiger partial charge is 0.389 e. The van der Waals surface area contributed by atoms with E-state index in [1.165, 1.54) is 23.1 Å². The number of amides is 1. The Kier molecular flexibility index (Phi) is 5.53. The van der Waals surface area contributed by atoms with Crippen molar-refractivity contribution >= 4 is 34.0 Å². The number of nitrogens with two attached hydrogens (primary N) is 1. The molecule has 2 aromatic rings. The van der Waals surface area contributed by atoms with Crippen molar-refractivity contribution in [1.29, 1.82) is 0 Å². The molecule has 122 valence electrons. The Balaban J connectivity index is 1.51. The first-order chi connectivity index (χ1) is 11.2. The molecule has 3 N–H and O–H groups in total. The topological polar surface area (TPSA) is 77.2 Å². The van der Waals surface area contributed by atoms with Gasteiger partial charge in [0.15, 0.2) is 4.34 Å². The quantitative estimate of drug-likeness (QED) is 0.784. The van der Waals surface area contributed by atoms with Crippen LogP contribution in [0.2, 0.25) is 0 Å². The van der Waals surface area contributed by atoms with E-state index in [0.717, 1.165) is 35.0 Å². The summed E-state index contributed by atoms with van der Waals surface area (Å²) in [4.78, 5) is 16.4. The molecule has 1 aliphatic heterocycles. The van der Waals surface area contributed by atoms with Crippen molar-refractivity contribution in [3.63, 3.8) is 0 Å². The fraction of sp³-hybridized carbons (Fsp3) is 0.375. The van der Waals surface area contributed by atoms with Crippen LogP contribution in [0, 0.1) is 0 Å². The van der Waals surface area contributed by atoms with Crippen LogP contribution in [0.4, 0.5) is 5.00 Å². The van der Waals surface area contributed by atoms with E-state index in [2.05, 4.69) is 10.3 Å². The van der Waals surface area contributed by atoms with E-state index < -0.39 is 0 Å². The Morgan fingerprint density at radius 2 is 2.26 bits per heavy atom. The molecule has 0 spiro atoms. The lowest BCUT2D eigenvalue weighted by atomic mass is 10.2. The zero-order valence-electron chi connectivity index (χ0n) is 12.7. The zero-order chi connectivity index (χ0) is 16.1. The van der Waals surface area contributed by atoms with Gasteiger partial charge in [0, 0.05) is 18.7 Å². The molecule has 1 aromatic carbocycles. The maximum Gasteiger partial charge on any atom is 0.230 e. The first kappa shape index (κ1) is 16.3. The molecule has 1 unspecified atom stereocenters. The van der Waals surface area contributed by atoms with Crippen molar-refractivity contribution in [2.24, 2.45) is 0 Å². The van der Waals surface area contributed by atoms with Gasteiger partial charge in [0.1, 0.15) is 10.7 Å². The minimum absolute atomic E-state index is 0.000493. The van der Waals surface area contributed by atoms with Crippen LogP contribution in [0.1, 0.15) is 12.8 Å². The molecule has 0 bridgehead atoms. The van der Waals surface area contributed by atoms with Gasteiger partial charge in [-0.1, -0.05) is 53.4 Å². The predicted octanol–water partition coefficient (Wildman–Crippen LogP) is 2.78. The summed E-state index contributed by atoms with van der Waals surface area (Å²) in [5.41, 5.74) is 7.83. The Morgan fingerprint density at radius 1 is 1.43 bits per heavy atom. The van der Waals surface area contributed by atoms with Crippen molar-refractivity contribution < 1.29 is 9.53 Å². The molecule has 7 heteroatoms. The minimum atomic E-state index is 0.000493. The molecule has 0 saturated carbocycles. The molecule has 0 aliphatic carbocycles. The number of nitrogen functional groups attached to an aromatic ring is 1. The van der Waals surface area contributed by atoms with Gasteiger partial charge < -0.3 is 15.8 Å². The van der Waals surface area contributed by atoms with Crippen LogP contribution in [0.25, 0.3) is 11.3 Å². The lowest BCUT2D eigenvalue weighted by Gasteiger charge is -2.09. The van der Waals surface area contributed by atoms with Gasteiger partial charge in [-0.15, -0.1) is 0 Å². The van der Waals surface area contributed by atoms with Crippen LogP contribution in [0.15, 0.2) is 34.7 Å². The summed E-state index contributed by atoms with van der Waals surface area (Å²) in [6.45, 7) is 1.39. The molecule has 1 aromatic heterocycles. The number of ether oxygens (including phenoxy) is 1. The number of anilines is 1. The van der Waals surface area contributed by atoms with Gasteiger partial charge in [0.2, 0.25) is 5.91 Å². The predicted molar refractivity (Wildman–Crippen MR) is 94.7 cm³/mol. The van der Waals surface area contributed by atoms with Crippen molar-refractivity contribution in [2.75, 3.05) is 24.6 Å². The Bertz CT molecular complexity index is 655. The van der Waals surface area contributed by atoms with Crippen LogP contribution in [0.3, 0.4) is 0 Å². The van der Waals surface area contributed by atoms with Crippen molar-refractivity contribution in [3.8, 4) is 11.3 Å². The number of thioether (sulfide) groups is 1. The molecule has 3 rings (SSSR count). The molecular weight excluding hydrogens is 330 g/mol. The van der Waals surface area contributed by atoms with Crippen LogP contribution in [-0.4, -0.2) is 35.9 Å². The van der Waals surface area contributed by atoms with E-state index in [9.17, 15) is 4.79 Å². The summed E-state index contributed by atoms with van der Waals surface area (Å²) in [5, 5.41) is 3.59. The minimum Gasteiger partial charge on any atom is -0.389 e. The number of benzene rings is 1. The molecule has 5 nitrogen and oxygen atoms in total. The monoisotopic (exact) mass is 349 g/mol. The number of carbonyl (C=O) groups is 1. The van der Waals surface area contributed by atoms with Crippen LogP contribution in [-0.2, 0) is 9.53 Å². The molecule has 1 saturated heterocycles. The number of nitrogens with one attached hydrogen (secondary N) is 1.